The third kappa shape index (κ3) is 5.96. The van der Waals surface area contributed by atoms with Gasteiger partial charge in [0.05, 0.1) is 28.0 Å². The number of aromatic nitrogens is 3. The van der Waals surface area contributed by atoms with E-state index < -0.39 is 6.16 Å². The smallest absolute Gasteiger partial charge is 0.449 e. The zero-order valence-corrected chi connectivity index (χ0v) is 22.7. The maximum Gasteiger partial charge on any atom is 0.511 e. The molecule has 11 heteroatoms. The van der Waals surface area contributed by atoms with Gasteiger partial charge in [0, 0.05) is 40.9 Å². The topological polar surface area (TPSA) is 106 Å². The van der Waals surface area contributed by atoms with E-state index in [9.17, 15) is 14.7 Å². The minimum atomic E-state index is -1.44. The van der Waals surface area contributed by atoms with Gasteiger partial charge in [-0.05, 0) is 48.0 Å². The number of hydrogen-bond acceptors (Lipinski definition) is 6. The number of amides is 1. The van der Waals surface area contributed by atoms with Crippen LogP contribution >= 0.6 is 34.5 Å². The lowest BCUT2D eigenvalue weighted by Gasteiger charge is -2.11. The first-order valence-electron chi connectivity index (χ1n) is 11.6. The highest BCUT2D eigenvalue weighted by Gasteiger charge is 2.16. The van der Waals surface area contributed by atoms with E-state index >= 15 is 0 Å². The van der Waals surface area contributed by atoms with Crippen molar-refractivity contribution in [2.24, 2.45) is 7.05 Å². The van der Waals surface area contributed by atoms with Gasteiger partial charge >= 0.3 is 6.16 Å². The molecular formula is C28H20Cl2N4O4S. The second-order valence-corrected chi connectivity index (χ2v) is 10.1. The summed E-state index contributed by atoms with van der Waals surface area (Å²) >= 11 is 13.6. The van der Waals surface area contributed by atoms with Crippen LogP contribution in [0.5, 0.6) is 5.75 Å². The zero-order chi connectivity index (χ0) is 27.5. The van der Waals surface area contributed by atoms with E-state index in [1.165, 1.54) is 11.3 Å². The fraction of sp³-hybridized carbons (Fsp3) is 0.0714. The minimum absolute atomic E-state index is 0.152. The lowest BCUT2D eigenvalue weighted by atomic mass is 10.0. The predicted octanol–water partition coefficient (Wildman–Crippen LogP) is 7.17. The Morgan fingerprint density at radius 3 is 2.41 bits per heavy atom. The Bertz CT molecular complexity index is 1680. The van der Waals surface area contributed by atoms with E-state index in [2.05, 4.69) is 15.4 Å². The summed E-state index contributed by atoms with van der Waals surface area (Å²) in [7, 11) is 1.81. The fourth-order valence-electron chi connectivity index (χ4n) is 3.92. The van der Waals surface area contributed by atoms with Gasteiger partial charge < -0.3 is 15.2 Å². The Morgan fingerprint density at radius 1 is 0.974 bits per heavy atom. The second-order valence-electron chi connectivity index (χ2n) is 8.45. The summed E-state index contributed by atoms with van der Waals surface area (Å²) in [5, 5.41) is 19.8. The van der Waals surface area contributed by atoms with Crippen LogP contribution in [0.25, 0.3) is 33.0 Å². The molecule has 196 valence electrons. The van der Waals surface area contributed by atoms with Crippen molar-refractivity contribution in [3.8, 4) is 38.7 Å². The average molecular weight is 579 g/mol. The Labute approximate surface area is 237 Å². The third-order valence-corrected chi connectivity index (χ3v) is 7.59. The van der Waals surface area contributed by atoms with Crippen LogP contribution in [0.1, 0.15) is 16.1 Å². The molecule has 0 unspecified atom stereocenters. The molecule has 5 rings (SSSR count). The van der Waals surface area contributed by atoms with Gasteiger partial charge in [0.1, 0.15) is 10.8 Å². The highest BCUT2D eigenvalue weighted by atomic mass is 35.5. The molecule has 0 bridgehead atoms. The van der Waals surface area contributed by atoms with E-state index in [-0.39, 0.29) is 11.7 Å². The summed E-state index contributed by atoms with van der Waals surface area (Å²) < 4.78 is 6.82. The average Bonchev–Trinajstić information content (AvgIpc) is 3.58. The van der Waals surface area contributed by atoms with E-state index in [0.717, 1.165) is 17.0 Å². The molecule has 0 atom stereocenters. The number of nitrogens with one attached hydrogen (secondary N) is 1. The molecule has 0 aliphatic rings. The van der Waals surface area contributed by atoms with Crippen LogP contribution < -0.4 is 10.1 Å². The Balaban J connectivity index is 1.38. The first-order valence-corrected chi connectivity index (χ1v) is 13.2. The van der Waals surface area contributed by atoms with E-state index in [0.29, 0.717) is 43.9 Å². The first-order chi connectivity index (χ1) is 18.8. The molecule has 2 heterocycles. The number of nitrogens with zero attached hydrogens (tertiary/aromatic N) is 3. The number of carbonyl (C=O) groups is 2. The fourth-order valence-corrected chi connectivity index (χ4v) is 5.04. The van der Waals surface area contributed by atoms with Crippen LogP contribution in [-0.2, 0) is 13.6 Å². The normalized spacial score (nSPS) is 10.8. The molecule has 0 radical (unpaired) electrons. The number of aryl methyl sites for hydroxylation is 1. The lowest BCUT2D eigenvalue weighted by Crippen LogP contribution is -2.23. The maximum absolute atomic E-state index is 12.6. The molecular weight excluding hydrogens is 559 g/mol. The van der Waals surface area contributed by atoms with Crippen LogP contribution in [0.4, 0.5) is 4.79 Å². The summed E-state index contributed by atoms with van der Waals surface area (Å²) in [5.74, 6) is -0.0821. The summed E-state index contributed by atoms with van der Waals surface area (Å²) in [6.07, 6.45) is 0.233. The highest BCUT2D eigenvalue weighted by molar-refractivity contribution is 7.13. The molecule has 0 aliphatic carbocycles. The molecule has 39 heavy (non-hydrogen) atoms. The standard InChI is InChI=1S/C28H20Cl2N4O4S/c1-34-20(10-11-32-34)14-31-26(35)17-4-2-16(3-5-17)21-8-6-19(13-25(21)38-28(36)37)27-33-24(15-39-27)18-7-9-22(29)23(30)12-18/h2-13,15H,14H2,1H3,(H,31,35)(H,36,37). The number of carbonyl (C=O) groups excluding carboxylic acids is 1. The molecule has 2 aromatic heterocycles. The number of hydrogen-bond donors (Lipinski definition) is 2. The van der Waals surface area contributed by atoms with Gasteiger partial charge in [-0.15, -0.1) is 11.3 Å². The van der Waals surface area contributed by atoms with Gasteiger partial charge in [-0.2, -0.15) is 5.10 Å². The van der Waals surface area contributed by atoms with Crippen molar-refractivity contribution in [3.05, 3.63) is 99.6 Å². The number of ether oxygens (including phenoxy) is 1. The molecule has 0 saturated heterocycles. The van der Waals surface area contributed by atoms with E-state index in [4.69, 9.17) is 27.9 Å². The molecule has 3 aromatic carbocycles. The molecule has 0 saturated carbocycles. The van der Waals surface area contributed by atoms with Crippen molar-refractivity contribution in [3.63, 3.8) is 0 Å². The van der Waals surface area contributed by atoms with Crippen molar-refractivity contribution in [1.82, 2.24) is 20.1 Å². The predicted molar refractivity (Wildman–Crippen MR) is 151 cm³/mol. The van der Waals surface area contributed by atoms with Crippen molar-refractivity contribution in [1.29, 1.82) is 0 Å². The highest BCUT2D eigenvalue weighted by Crippen LogP contribution is 2.37. The number of rotatable bonds is 7. The van der Waals surface area contributed by atoms with Crippen LogP contribution in [0.15, 0.2) is 78.3 Å². The molecule has 0 spiro atoms. The number of carboxylic acid groups (broad SMARTS) is 1. The molecule has 8 nitrogen and oxygen atoms in total. The van der Waals surface area contributed by atoms with Crippen LogP contribution in [0.2, 0.25) is 10.0 Å². The molecule has 2 N–H and O–H groups in total. The van der Waals surface area contributed by atoms with Gasteiger partial charge in [-0.1, -0.05) is 47.5 Å². The maximum atomic E-state index is 12.6. The molecule has 0 fully saturated rings. The van der Waals surface area contributed by atoms with Crippen molar-refractivity contribution >= 4 is 46.6 Å². The van der Waals surface area contributed by atoms with Gasteiger partial charge in [-0.3, -0.25) is 9.48 Å². The molecule has 0 aliphatic heterocycles. The van der Waals surface area contributed by atoms with Crippen LogP contribution in [-0.4, -0.2) is 31.9 Å². The Hall–Kier alpha value is -4.18. The van der Waals surface area contributed by atoms with Crippen molar-refractivity contribution in [2.45, 2.75) is 6.54 Å². The SMILES string of the molecule is Cn1nccc1CNC(=O)c1ccc(-c2ccc(-c3nc(-c4ccc(Cl)c(Cl)c4)cs3)cc2OC(=O)O)cc1. The summed E-state index contributed by atoms with van der Waals surface area (Å²) in [5.41, 5.74) is 4.82. The summed E-state index contributed by atoms with van der Waals surface area (Å²) in [6, 6.07) is 19.2. The molecule has 1 amide bonds. The largest absolute Gasteiger partial charge is 0.511 e. The van der Waals surface area contributed by atoms with Crippen molar-refractivity contribution < 1.29 is 19.4 Å². The zero-order valence-electron chi connectivity index (χ0n) is 20.4. The first kappa shape index (κ1) is 26.4. The van der Waals surface area contributed by atoms with Gasteiger partial charge in [0.15, 0.2) is 0 Å². The van der Waals surface area contributed by atoms with Crippen LogP contribution in [0, 0.1) is 0 Å². The van der Waals surface area contributed by atoms with Crippen molar-refractivity contribution in [2.75, 3.05) is 0 Å². The lowest BCUT2D eigenvalue weighted by molar-refractivity contribution is 0.0950. The molecule has 5 aromatic rings. The monoisotopic (exact) mass is 578 g/mol. The van der Waals surface area contributed by atoms with Crippen LogP contribution in [0.3, 0.4) is 0 Å². The number of thiazole rings is 1. The summed E-state index contributed by atoms with van der Waals surface area (Å²) in [4.78, 5) is 28.7. The van der Waals surface area contributed by atoms with Gasteiger partial charge in [0.2, 0.25) is 0 Å². The Morgan fingerprint density at radius 2 is 1.72 bits per heavy atom. The Kier molecular flexibility index (Phi) is 7.65. The van der Waals surface area contributed by atoms with E-state index in [1.54, 1.807) is 66.5 Å². The second kappa shape index (κ2) is 11.3. The quantitative estimate of drug-likeness (QED) is 0.156. The van der Waals surface area contributed by atoms with Gasteiger partial charge in [0.25, 0.3) is 5.91 Å². The summed E-state index contributed by atoms with van der Waals surface area (Å²) in [6.45, 7) is 0.346. The minimum Gasteiger partial charge on any atom is -0.449 e. The van der Waals surface area contributed by atoms with E-state index in [1.807, 2.05) is 23.6 Å². The number of halogens is 2. The van der Waals surface area contributed by atoms with Gasteiger partial charge in [-0.25, -0.2) is 9.78 Å². The third-order valence-electron chi connectivity index (χ3n) is 5.96. The number of benzene rings is 3.